The molecule has 0 bridgehead atoms. The molecule has 0 aliphatic rings. The minimum Gasteiger partial charge on any atom is -0.383 e. The van der Waals surface area contributed by atoms with Gasteiger partial charge in [-0.2, -0.15) is 5.26 Å². The summed E-state index contributed by atoms with van der Waals surface area (Å²) in [6, 6.07) is 14.5. The Morgan fingerprint density at radius 1 is 1.20 bits per heavy atom. The van der Waals surface area contributed by atoms with Gasteiger partial charge in [0.15, 0.2) is 0 Å². The van der Waals surface area contributed by atoms with Crippen LogP contribution in [0.25, 0.3) is 6.08 Å². The van der Waals surface area contributed by atoms with Crippen LogP contribution < -0.4 is 10.6 Å². The number of amides is 2. The summed E-state index contributed by atoms with van der Waals surface area (Å²) in [7, 11) is 1.66. The number of pyridine rings is 1. The summed E-state index contributed by atoms with van der Waals surface area (Å²) in [6.07, 6.45) is 4.72. The lowest BCUT2D eigenvalue weighted by molar-refractivity contribution is -0.117. The number of hydrogen-bond donors (Lipinski definition) is 2. The highest BCUT2D eigenvalue weighted by atomic mass is 16.5. The number of aryl methyl sites for hydroxylation is 1. The van der Waals surface area contributed by atoms with Crippen LogP contribution in [0, 0.1) is 25.2 Å². The molecule has 0 spiro atoms. The Morgan fingerprint density at radius 2 is 1.94 bits per heavy atom. The second-order valence-corrected chi connectivity index (χ2v) is 8.24. The van der Waals surface area contributed by atoms with Crippen LogP contribution in [0.1, 0.15) is 45.8 Å². The van der Waals surface area contributed by atoms with Gasteiger partial charge >= 0.3 is 0 Å². The molecular weight excluding hydrogens is 442 g/mol. The van der Waals surface area contributed by atoms with E-state index in [0.717, 1.165) is 22.5 Å². The Balaban J connectivity index is 1.68. The Morgan fingerprint density at radius 3 is 2.63 bits per heavy atom. The van der Waals surface area contributed by atoms with Crippen molar-refractivity contribution < 1.29 is 14.3 Å². The molecule has 35 heavy (non-hydrogen) atoms. The van der Waals surface area contributed by atoms with Crippen LogP contribution in [0.4, 0.5) is 5.69 Å². The van der Waals surface area contributed by atoms with E-state index in [1.807, 2.05) is 32.0 Å². The molecule has 0 aliphatic carbocycles. The standard InChI is InChI=1S/C27H29N5O3/c1-18-12-23(20(3)32(18)19(2)17-35-4)14-24(15-28)26(33)30-16-21-6-5-7-25(13-21)31-27(34)22-8-10-29-11-9-22/h5-14,19H,16-17H2,1-4H3,(H,30,33)(H,31,34)/b24-14-. The number of methoxy groups -OCH3 is 1. The van der Waals surface area contributed by atoms with Crippen LogP contribution >= 0.6 is 0 Å². The van der Waals surface area contributed by atoms with Gasteiger partial charge in [-0.05, 0) is 68.3 Å². The molecule has 1 aromatic carbocycles. The van der Waals surface area contributed by atoms with E-state index in [0.29, 0.717) is 17.9 Å². The van der Waals surface area contributed by atoms with Crippen LogP contribution in [0.3, 0.4) is 0 Å². The fraction of sp³-hybridized carbons (Fsp3) is 0.259. The molecule has 0 fully saturated rings. The second kappa shape index (κ2) is 11.8. The normalized spacial score (nSPS) is 12.0. The molecule has 1 unspecified atom stereocenters. The average molecular weight is 472 g/mol. The molecule has 2 aromatic heterocycles. The summed E-state index contributed by atoms with van der Waals surface area (Å²) < 4.78 is 7.40. The summed E-state index contributed by atoms with van der Waals surface area (Å²) in [4.78, 5) is 29.0. The molecule has 1 atom stereocenters. The zero-order valence-electron chi connectivity index (χ0n) is 20.3. The van der Waals surface area contributed by atoms with E-state index in [4.69, 9.17) is 4.74 Å². The van der Waals surface area contributed by atoms with Crippen LogP contribution in [-0.4, -0.2) is 35.1 Å². The average Bonchev–Trinajstić information content (AvgIpc) is 3.14. The lowest BCUT2D eigenvalue weighted by Crippen LogP contribution is -2.24. The van der Waals surface area contributed by atoms with Gasteiger partial charge in [0.25, 0.3) is 11.8 Å². The molecule has 2 amide bonds. The van der Waals surface area contributed by atoms with Crippen molar-refractivity contribution in [1.29, 1.82) is 5.26 Å². The quantitative estimate of drug-likeness (QED) is 0.359. The highest BCUT2D eigenvalue weighted by Crippen LogP contribution is 2.23. The highest BCUT2D eigenvalue weighted by Gasteiger charge is 2.16. The minimum atomic E-state index is -0.464. The van der Waals surface area contributed by atoms with Crippen LogP contribution in [0.2, 0.25) is 0 Å². The molecule has 8 heteroatoms. The van der Waals surface area contributed by atoms with E-state index in [-0.39, 0.29) is 24.1 Å². The lowest BCUT2D eigenvalue weighted by atomic mass is 10.1. The number of carbonyl (C=O) groups is 2. The zero-order valence-corrected chi connectivity index (χ0v) is 20.3. The monoisotopic (exact) mass is 471 g/mol. The van der Waals surface area contributed by atoms with Crippen molar-refractivity contribution in [2.45, 2.75) is 33.4 Å². The van der Waals surface area contributed by atoms with Crippen LogP contribution in [-0.2, 0) is 16.1 Å². The summed E-state index contributed by atoms with van der Waals surface area (Å²) in [5, 5.41) is 15.2. The number of nitrogens with one attached hydrogen (secondary N) is 2. The zero-order chi connectivity index (χ0) is 25.4. The highest BCUT2D eigenvalue weighted by molar-refractivity contribution is 6.04. The van der Waals surface area contributed by atoms with Crippen molar-refractivity contribution >= 4 is 23.6 Å². The topological polar surface area (TPSA) is 109 Å². The van der Waals surface area contributed by atoms with Gasteiger partial charge in [0.1, 0.15) is 11.6 Å². The third kappa shape index (κ3) is 6.43. The first kappa shape index (κ1) is 25.4. The van der Waals surface area contributed by atoms with E-state index in [9.17, 15) is 14.9 Å². The minimum absolute atomic E-state index is 0.0202. The van der Waals surface area contributed by atoms with E-state index < -0.39 is 5.91 Å². The smallest absolute Gasteiger partial charge is 0.262 e. The number of anilines is 1. The van der Waals surface area contributed by atoms with Crippen LogP contribution in [0.5, 0.6) is 0 Å². The summed E-state index contributed by atoms with van der Waals surface area (Å²) in [6.45, 7) is 6.78. The Kier molecular flexibility index (Phi) is 8.54. The van der Waals surface area contributed by atoms with Gasteiger partial charge in [0, 0.05) is 48.7 Å². The molecular formula is C27H29N5O3. The van der Waals surface area contributed by atoms with Gasteiger partial charge in [-0.1, -0.05) is 12.1 Å². The third-order valence-corrected chi connectivity index (χ3v) is 5.62. The van der Waals surface area contributed by atoms with Gasteiger partial charge in [0.05, 0.1) is 12.6 Å². The second-order valence-electron chi connectivity index (χ2n) is 8.24. The van der Waals surface area contributed by atoms with Gasteiger partial charge in [0.2, 0.25) is 0 Å². The number of carbonyl (C=O) groups excluding carboxylic acids is 2. The maximum Gasteiger partial charge on any atom is 0.262 e. The Hall–Kier alpha value is -4.22. The predicted octanol–water partition coefficient (Wildman–Crippen LogP) is 4.18. The van der Waals surface area contributed by atoms with Crippen LogP contribution in [0.15, 0.2) is 60.4 Å². The fourth-order valence-corrected chi connectivity index (χ4v) is 3.99. The molecule has 0 saturated heterocycles. The van der Waals surface area contributed by atoms with Crippen molar-refractivity contribution in [3.8, 4) is 6.07 Å². The van der Waals surface area contributed by atoms with E-state index in [1.54, 1.807) is 55.9 Å². The van der Waals surface area contributed by atoms with Gasteiger partial charge in [-0.3, -0.25) is 14.6 Å². The van der Waals surface area contributed by atoms with Crippen molar-refractivity contribution in [2.75, 3.05) is 19.0 Å². The van der Waals surface area contributed by atoms with E-state index in [2.05, 4.69) is 27.1 Å². The fourth-order valence-electron chi connectivity index (χ4n) is 3.99. The first-order chi connectivity index (χ1) is 16.8. The molecule has 3 aromatic rings. The Labute approximate surface area is 205 Å². The SMILES string of the molecule is COCC(C)n1c(C)cc(/C=C(/C#N)C(=O)NCc2cccc(NC(=O)c3ccncc3)c2)c1C. The van der Waals surface area contributed by atoms with Gasteiger partial charge < -0.3 is 19.9 Å². The maximum atomic E-state index is 12.7. The summed E-state index contributed by atoms with van der Waals surface area (Å²) in [5.41, 5.74) is 4.72. The van der Waals surface area contributed by atoms with Crippen molar-refractivity contribution in [1.82, 2.24) is 14.9 Å². The van der Waals surface area contributed by atoms with Crippen molar-refractivity contribution in [2.24, 2.45) is 0 Å². The Bertz CT molecular complexity index is 1270. The number of ether oxygens (including phenoxy) is 1. The first-order valence-corrected chi connectivity index (χ1v) is 11.2. The largest absolute Gasteiger partial charge is 0.383 e. The summed E-state index contributed by atoms with van der Waals surface area (Å²) in [5.74, 6) is -0.714. The van der Waals surface area contributed by atoms with Crippen molar-refractivity contribution in [3.63, 3.8) is 0 Å². The number of hydrogen-bond acceptors (Lipinski definition) is 5. The number of aromatic nitrogens is 2. The van der Waals surface area contributed by atoms with Gasteiger partial charge in [-0.25, -0.2) is 0 Å². The molecule has 0 saturated carbocycles. The molecule has 2 N–H and O–H groups in total. The number of nitriles is 1. The summed E-state index contributed by atoms with van der Waals surface area (Å²) >= 11 is 0. The van der Waals surface area contributed by atoms with Gasteiger partial charge in [-0.15, -0.1) is 0 Å². The van der Waals surface area contributed by atoms with E-state index in [1.165, 1.54) is 0 Å². The predicted molar refractivity (Wildman–Crippen MR) is 135 cm³/mol. The molecule has 8 nitrogen and oxygen atoms in total. The number of nitrogens with zero attached hydrogens (tertiary/aromatic N) is 3. The molecule has 0 aliphatic heterocycles. The maximum absolute atomic E-state index is 12.7. The van der Waals surface area contributed by atoms with Crippen molar-refractivity contribution in [3.05, 3.63) is 88.5 Å². The molecule has 3 rings (SSSR count). The lowest BCUT2D eigenvalue weighted by Gasteiger charge is -2.17. The third-order valence-electron chi connectivity index (χ3n) is 5.62. The van der Waals surface area contributed by atoms with E-state index >= 15 is 0 Å². The first-order valence-electron chi connectivity index (χ1n) is 11.2. The molecule has 0 radical (unpaired) electrons. The number of rotatable bonds is 9. The molecule has 180 valence electrons. The number of benzene rings is 1. The molecule has 2 heterocycles.